The summed E-state index contributed by atoms with van der Waals surface area (Å²) in [5.41, 5.74) is 0.549. The van der Waals surface area contributed by atoms with E-state index in [4.69, 9.17) is 4.74 Å². The normalized spacial score (nSPS) is 17.9. The fourth-order valence-electron chi connectivity index (χ4n) is 2.85. The molecule has 1 aliphatic heterocycles. The quantitative estimate of drug-likeness (QED) is 0.852. The summed E-state index contributed by atoms with van der Waals surface area (Å²) in [5.74, 6) is -2.21. The van der Waals surface area contributed by atoms with Crippen LogP contribution in [0.25, 0.3) is 10.8 Å². The largest absolute Gasteiger partial charge is 0.373 e. The van der Waals surface area contributed by atoms with Gasteiger partial charge in [0.1, 0.15) is 9.84 Å². The lowest BCUT2D eigenvalue weighted by molar-refractivity contribution is 0.0803. The van der Waals surface area contributed by atoms with Crippen molar-refractivity contribution >= 4 is 20.6 Å². The summed E-state index contributed by atoms with van der Waals surface area (Å²) in [6, 6.07) is 1.43. The first-order chi connectivity index (χ1) is 11.3. The number of ether oxygens (including phenoxy) is 1. The topological polar surface area (TPSA) is 88.3 Å². The standard InChI is InChI=1S/C15H16F2N2O4S/c1-24(21,22)3-2-18-12-6-23-7-13-14(12)8-4-10(16)11(17)5-9(8)15(20)19-13/h4-5,12,18H,2-3,6-7H2,1H3,(H,19,20). The van der Waals surface area contributed by atoms with Gasteiger partial charge in [-0.1, -0.05) is 0 Å². The molecule has 0 spiro atoms. The Bertz CT molecular complexity index is 956. The van der Waals surface area contributed by atoms with Gasteiger partial charge in [0.25, 0.3) is 5.56 Å². The lowest BCUT2D eigenvalue weighted by Crippen LogP contribution is -2.34. The molecule has 0 saturated heterocycles. The maximum Gasteiger partial charge on any atom is 0.256 e. The minimum absolute atomic E-state index is 0.0458. The van der Waals surface area contributed by atoms with E-state index in [1.807, 2.05) is 0 Å². The summed E-state index contributed by atoms with van der Waals surface area (Å²) in [6.45, 7) is 0.553. The first-order valence-corrected chi connectivity index (χ1v) is 9.35. The zero-order valence-corrected chi connectivity index (χ0v) is 13.7. The molecule has 24 heavy (non-hydrogen) atoms. The van der Waals surface area contributed by atoms with Crippen molar-refractivity contribution in [3.63, 3.8) is 0 Å². The number of halogens is 2. The van der Waals surface area contributed by atoms with Crippen LogP contribution in [-0.4, -0.2) is 38.6 Å². The lowest BCUT2D eigenvalue weighted by atomic mass is 9.96. The van der Waals surface area contributed by atoms with Gasteiger partial charge in [-0.25, -0.2) is 17.2 Å². The Balaban J connectivity index is 2.06. The smallest absolute Gasteiger partial charge is 0.256 e. The number of rotatable bonds is 4. The third kappa shape index (κ3) is 3.33. The van der Waals surface area contributed by atoms with E-state index in [1.54, 1.807) is 0 Å². The number of nitrogens with one attached hydrogen (secondary N) is 2. The second-order valence-electron chi connectivity index (χ2n) is 5.81. The first kappa shape index (κ1) is 17.0. The molecule has 0 saturated carbocycles. The molecule has 6 nitrogen and oxygen atoms in total. The highest BCUT2D eigenvalue weighted by Crippen LogP contribution is 2.30. The highest BCUT2D eigenvalue weighted by molar-refractivity contribution is 7.90. The number of fused-ring (bicyclic) bond motifs is 3. The third-order valence-corrected chi connectivity index (χ3v) is 4.87. The van der Waals surface area contributed by atoms with Gasteiger partial charge in [-0.05, 0) is 17.5 Å². The Morgan fingerprint density at radius 2 is 1.96 bits per heavy atom. The molecule has 2 N–H and O–H groups in total. The minimum atomic E-state index is -3.13. The van der Waals surface area contributed by atoms with Crippen LogP contribution in [0.3, 0.4) is 0 Å². The average Bonchev–Trinajstić information content (AvgIpc) is 2.48. The molecule has 9 heteroatoms. The van der Waals surface area contributed by atoms with E-state index in [0.29, 0.717) is 16.6 Å². The van der Waals surface area contributed by atoms with Crippen molar-refractivity contribution in [2.45, 2.75) is 12.6 Å². The minimum Gasteiger partial charge on any atom is -0.373 e. The van der Waals surface area contributed by atoms with Crippen LogP contribution in [0, 0.1) is 11.6 Å². The number of aromatic nitrogens is 1. The number of pyridine rings is 1. The van der Waals surface area contributed by atoms with E-state index in [1.165, 1.54) is 0 Å². The van der Waals surface area contributed by atoms with Crippen molar-refractivity contribution in [3.8, 4) is 0 Å². The Kier molecular flexibility index (Phi) is 4.41. The van der Waals surface area contributed by atoms with Crippen LogP contribution in [0.15, 0.2) is 16.9 Å². The zero-order chi connectivity index (χ0) is 17.5. The van der Waals surface area contributed by atoms with Gasteiger partial charge in [0.05, 0.1) is 30.4 Å². The SMILES string of the molecule is CS(=O)(=O)CCNC1COCc2[nH]c(=O)c3cc(F)c(F)cc3c21. The van der Waals surface area contributed by atoms with Crippen LogP contribution in [0.1, 0.15) is 17.3 Å². The third-order valence-electron chi connectivity index (χ3n) is 3.93. The van der Waals surface area contributed by atoms with Gasteiger partial charge in [-0.2, -0.15) is 0 Å². The van der Waals surface area contributed by atoms with Crippen molar-refractivity contribution in [1.29, 1.82) is 0 Å². The van der Waals surface area contributed by atoms with E-state index in [0.717, 1.165) is 18.4 Å². The lowest BCUT2D eigenvalue weighted by Gasteiger charge is -2.27. The predicted octanol–water partition coefficient (Wildman–Crippen LogP) is 1.01. The fourth-order valence-corrected chi connectivity index (χ4v) is 3.33. The molecule has 0 bridgehead atoms. The fraction of sp³-hybridized carbons (Fsp3) is 0.400. The summed E-state index contributed by atoms with van der Waals surface area (Å²) in [5, 5.41) is 3.38. The summed E-state index contributed by atoms with van der Waals surface area (Å²) in [7, 11) is -3.13. The molecule has 2 aromatic rings. The summed E-state index contributed by atoms with van der Waals surface area (Å²) in [4.78, 5) is 14.7. The van der Waals surface area contributed by atoms with Gasteiger partial charge >= 0.3 is 0 Å². The van der Waals surface area contributed by atoms with E-state index in [-0.39, 0.29) is 30.9 Å². The highest BCUT2D eigenvalue weighted by Gasteiger charge is 2.25. The van der Waals surface area contributed by atoms with Crippen LogP contribution in [-0.2, 0) is 21.2 Å². The maximum absolute atomic E-state index is 13.7. The molecule has 130 valence electrons. The monoisotopic (exact) mass is 358 g/mol. The Labute approximate surface area is 136 Å². The number of benzene rings is 1. The predicted molar refractivity (Wildman–Crippen MR) is 84.6 cm³/mol. The summed E-state index contributed by atoms with van der Waals surface area (Å²) >= 11 is 0. The first-order valence-electron chi connectivity index (χ1n) is 7.29. The summed E-state index contributed by atoms with van der Waals surface area (Å²) in [6.07, 6.45) is 1.13. The molecule has 3 rings (SSSR count). The molecule has 1 unspecified atom stereocenters. The van der Waals surface area contributed by atoms with Crippen molar-refractivity contribution in [1.82, 2.24) is 10.3 Å². The summed E-state index contributed by atoms with van der Waals surface area (Å²) < 4.78 is 55.0. The van der Waals surface area contributed by atoms with Crippen LogP contribution in [0.2, 0.25) is 0 Å². The molecule has 1 atom stereocenters. The zero-order valence-electron chi connectivity index (χ0n) is 12.9. The molecule has 0 radical (unpaired) electrons. The molecule has 1 aromatic carbocycles. The van der Waals surface area contributed by atoms with Gasteiger partial charge in [-0.15, -0.1) is 0 Å². The van der Waals surface area contributed by atoms with Crippen LogP contribution < -0.4 is 10.9 Å². The number of aromatic amines is 1. The van der Waals surface area contributed by atoms with Crippen LogP contribution in [0.5, 0.6) is 0 Å². The second kappa shape index (κ2) is 6.23. The van der Waals surface area contributed by atoms with Gasteiger partial charge < -0.3 is 15.0 Å². The highest BCUT2D eigenvalue weighted by atomic mass is 32.2. The molecule has 0 aliphatic carbocycles. The van der Waals surface area contributed by atoms with E-state index in [2.05, 4.69) is 10.3 Å². The van der Waals surface area contributed by atoms with E-state index in [9.17, 15) is 22.0 Å². The van der Waals surface area contributed by atoms with E-state index < -0.39 is 33.1 Å². The van der Waals surface area contributed by atoms with Gasteiger partial charge in [0.15, 0.2) is 11.6 Å². The average molecular weight is 358 g/mol. The number of hydrogen-bond donors (Lipinski definition) is 2. The molecule has 1 aromatic heterocycles. The number of H-pyrrole nitrogens is 1. The van der Waals surface area contributed by atoms with Crippen molar-refractivity contribution in [2.24, 2.45) is 0 Å². The Morgan fingerprint density at radius 3 is 2.62 bits per heavy atom. The molecule has 2 heterocycles. The van der Waals surface area contributed by atoms with Gasteiger partial charge in [-0.3, -0.25) is 4.79 Å². The van der Waals surface area contributed by atoms with Crippen LogP contribution in [0.4, 0.5) is 8.78 Å². The molecule has 0 fully saturated rings. The Morgan fingerprint density at radius 1 is 1.29 bits per heavy atom. The second-order valence-corrected chi connectivity index (χ2v) is 8.07. The Hall–Kier alpha value is -1.84. The molecular formula is C15H16F2N2O4S. The van der Waals surface area contributed by atoms with Crippen molar-refractivity contribution in [2.75, 3.05) is 25.2 Å². The van der Waals surface area contributed by atoms with Crippen LogP contribution >= 0.6 is 0 Å². The van der Waals surface area contributed by atoms with Crippen molar-refractivity contribution in [3.05, 3.63) is 45.4 Å². The number of hydrogen-bond acceptors (Lipinski definition) is 5. The van der Waals surface area contributed by atoms with Gasteiger partial charge in [0, 0.05) is 24.1 Å². The maximum atomic E-state index is 13.7. The molecule has 1 aliphatic rings. The van der Waals surface area contributed by atoms with Crippen molar-refractivity contribution < 1.29 is 21.9 Å². The molecular weight excluding hydrogens is 342 g/mol. The van der Waals surface area contributed by atoms with E-state index >= 15 is 0 Å². The van der Waals surface area contributed by atoms with Gasteiger partial charge in [0.2, 0.25) is 0 Å². The molecule has 0 amide bonds. The number of sulfone groups is 1.